The monoisotopic (exact) mass is 323 g/mol. The number of fused-ring (bicyclic) bond motifs is 1. The molecule has 1 saturated heterocycles. The number of nitrogens with one attached hydrogen (secondary N) is 1. The Labute approximate surface area is 139 Å². The lowest BCUT2D eigenvalue weighted by atomic mass is 9.92. The number of hydrogen-bond donors (Lipinski definition) is 1. The van der Waals surface area contributed by atoms with Crippen molar-refractivity contribution in [3.05, 3.63) is 59.8 Å². The molecule has 3 aromatic rings. The number of pyridine rings is 1. The van der Waals surface area contributed by atoms with Crippen LogP contribution in [0.25, 0.3) is 16.6 Å². The minimum absolute atomic E-state index is 0.337. The number of carbonyl (C=O) groups is 1. The van der Waals surface area contributed by atoms with Crippen LogP contribution in [0, 0.1) is 5.82 Å². The maximum absolute atomic E-state index is 13.5. The molecule has 1 N–H and O–H groups in total. The van der Waals surface area contributed by atoms with Gasteiger partial charge in [0.25, 0.3) is 0 Å². The number of piperidine rings is 1. The lowest BCUT2D eigenvalue weighted by Crippen LogP contribution is -2.28. The van der Waals surface area contributed by atoms with Crippen LogP contribution in [0.2, 0.25) is 0 Å². The molecule has 0 radical (unpaired) electrons. The molecule has 122 valence electrons. The van der Waals surface area contributed by atoms with E-state index in [4.69, 9.17) is 0 Å². The van der Waals surface area contributed by atoms with E-state index >= 15 is 0 Å². The van der Waals surface area contributed by atoms with Gasteiger partial charge in [0.15, 0.2) is 6.29 Å². The Bertz CT molecular complexity index is 897. The van der Waals surface area contributed by atoms with Crippen LogP contribution in [0.5, 0.6) is 0 Å². The summed E-state index contributed by atoms with van der Waals surface area (Å²) in [6, 6.07) is 6.31. The summed E-state index contributed by atoms with van der Waals surface area (Å²) in [5.41, 5.74) is 3.21. The predicted molar refractivity (Wildman–Crippen MR) is 91.3 cm³/mol. The summed E-state index contributed by atoms with van der Waals surface area (Å²) >= 11 is 0. The highest BCUT2D eigenvalue weighted by Crippen LogP contribution is 2.33. The van der Waals surface area contributed by atoms with E-state index < -0.39 is 5.82 Å². The zero-order valence-electron chi connectivity index (χ0n) is 13.2. The van der Waals surface area contributed by atoms with Gasteiger partial charge < -0.3 is 9.88 Å². The zero-order chi connectivity index (χ0) is 16.5. The molecule has 5 heteroatoms. The molecule has 3 heterocycles. The van der Waals surface area contributed by atoms with Gasteiger partial charge in [-0.05, 0) is 55.1 Å². The normalized spacial score (nSPS) is 18.0. The smallest absolute Gasteiger partial charge is 0.152 e. The van der Waals surface area contributed by atoms with Crippen molar-refractivity contribution >= 4 is 17.2 Å². The third-order valence-electron chi connectivity index (χ3n) is 4.75. The molecule has 1 atom stereocenters. The number of rotatable bonds is 3. The molecule has 24 heavy (non-hydrogen) atoms. The first-order valence-electron chi connectivity index (χ1n) is 8.18. The summed E-state index contributed by atoms with van der Waals surface area (Å²) in [5, 5.41) is 4.59. The number of halogens is 1. The number of benzene rings is 1. The molecule has 1 aromatic carbocycles. The molecule has 0 saturated carbocycles. The van der Waals surface area contributed by atoms with Crippen LogP contribution in [-0.4, -0.2) is 28.9 Å². The highest BCUT2D eigenvalue weighted by atomic mass is 19.1. The second-order valence-electron chi connectivity index (χ2n) is 6.21. The molecule has 4 nitrogen and oxygen atoms in total. The van der Waals surface area contributed by atoms with Gasteiger partial charge in [-0.3, -0.25) is 9.78 Å². The lowest BCUT2D eigenvalue weighted by Gasteiger charge is -2.22. The summed E-state index contributed by atoms with van der Waals surface area (Å²) in [5.74, 6) is 0.0252. The molecular formula is C19H18FN3O. The average Bonchev–Trinajstić information content (AvgIpc) is 3.02. The molecule has 0 amide bonds. The molecule has 1 aliphatic rings. The molecule has 0 spiro atoms. The summed E-state index contributed by atoms with van der Waals surface area (Å²) in [4.78, 5) is 15.6. The highest BCUT2D eigenvalue weighted by Gasteiger charge is 2.21. The van der Waals surface area contributed by atoms with Gasteiger partial charge >= 0.3 is 0 Å². The SMILES string of the molecule is O=Cc1cc(F)ccc1-n1cc(C2CCCNC2)c2ccncc21. The Morgan fingerprint density at radius 1 is 1.33 bits per heavy atom. The van der Waals surface area contributed by atoms with Crippen molar-refractivity contribution in [3.8, 4) is 5.69 Å². The maximum atomic E-state index is 13.5. The Morgan fingerprint density at radius 3 is 3.04 bits per heavy atom. The van der Waals surface area contributed by atoms with E-state index in [1.807, 2.05) is 10.6 Å². The largest absolute Gasteiger partial charge is 0.316 e. The number of aromatic nitrogens is 2. The quantitative estimate of drug-likeness (QED) is 0.751. The van der Waals surface area contributed by atoms with E-state index in [0.29, 0.717) is 23.5 Å². The van der Waals surface area contributed by atoms with Crippen LogP contribution >= 0.6 is 0 Å². The van der Waals surface area contributed by atoms with Gasteiger partial charge in [0.2, 0.25) is 0 Å². The Kier molecular flexibility index (Phi) is 3.86. The maximum Gasteiger partial charge on any atom is 0.152 e. The van der Waals surface area contributed by atoms with Gasteiger partial charge in [-0.15, -0.1) is 0 Å². The van der Waals surface area contributed by atoms with Crippen molar-refractivity contribution < 1.29 is 9.18 Å². The van der Waals surface area contributed by atoms with E-state index in [-0.39, 0.29) is 0 Å². The number of nitrogens with zero attached hydrogens (tertiary/aromatic N) is 2. The fourth-order valence-electron chi connectivity index (χ4n) is 3.58. The number of carbonyl (C=O) groups excluding carboxylic acids is 1. The summed E-state index contributed by atoms with van der Waals surface area (Å²) in [6.07, 6.45) is 8.65. The topological polar surface area (TPSA) is 46.9 Å². The van der Waals surface area contributed by atoms with Gasteiger partial charge in [0.1, 0.15) is 5.82 Å². The van der Waals surface area contributed by atoms with Crippen molar-refractivity contribution in [2.24, 2.45) is 0 Å². The van der Waals surface area contributed by atoms with E-state index in [1.54, 1.807) is 18.5 Å². The Balaban J connectivity index is 1.92. The van der Waals surface area contributed by atoms with Gasteiger partial charge in [-0.2, -0.15) is 0 Å². The third-order valence-corrected chi connectivity index (χ3v) is 4.75. The minimum Gasteiger partial charge on any atom is -0.316 e. The summed E-state index contributed by atoms with van der Waals surface area (Å²) in [7, 11) is 0. The van der Waals surface area contributed by atoms with Crippen LogP contribution in [0.1, 0.15) is 34.7 Å². The fourth-order valence-corrected chi connectivity index (χ4v) is 3.58. The van der Waals surface area contributed by atoms with Crippen LogP contribution < -0.4 is 5.32 Å². The van der Waals surface area contributed by atoms with Crippen molar-refractivity contribution in [2.75, 3.05) is 13.1 Å². The molecule has 1 aliphatic heterocycles. The third kappa shape index (κ3) is 2.51. The molecule has 4 rings (SSSR count). The van der Waals surface area contributed by atoms with E-state index in [2.05, 4.69) is 16.5 Å². The van der Waals surface area contributed by atoms with Crippen molar-refractivity contribution in [1.82, 2.24) is 14.9 Å². The van der Waals surface area contributed by atoms with E-state index in [0.717, 1.165) is 36.8 Å². The average molecular weight is 323 g/mol. The van der Waals surface area contributed by atoms with E-state index in [9.17, 15) is 9.18 Å². The number of hydrogen-bond acceptors (Lipinski definition) is 3. The fraction of sp³-hybridized carbons (Fsp3) is 0.263. The first-order chi connectivity index (χ1) is 11.8. The molecule has 0 bridgehead atoms. The summed E-state index contributed by atoms with van der Waals surface area (Å²) in [6.45, 7) is 2.01. The van der Waals surface area contributed by atoms with Crippen LogP contribution in [-0.2, 0) is 0 Å². The standard InChI is InChI=1S/C19H18FN3O/c20-15-3-4-18(14(8-15)12-24)23-11-17(13-2-1-6-21-9-13)16-5-7-22-10-19(16)23/h3-5,7-8,10-13,21H,1-2,6,9H2. The molecule has 1 unspecified atom stereocenters. The number of aldehydes is 1. The molecule has 2 aromatic heterocycles. The highest BCUT2D eigenvalue weighted by molar-refractivity contribution is 5.88. The second-order valence-corrected chi connectivity index (χ2v) is 6.21. The van der Waals surface area contributed by atoms with Crippen LogP contribution in [0.15, 0.2) is 42.9 Å². The van der Waals surface area contributed by atoms with Crippen molar-refractivity contribution in [2.45, 2.75) is 18.8 Å². The first kappa shape index (κ1) is 15.0. The van der Waals surface area contributed by atoms with Crippen LogP contribution in [0.4, 0.5) is 4.39 Å². The Morgan fingerprint density at radius 2 is 2.25 bits per heavy atom. The minimum atomic E-state index is -0.410. The Hall–Kier alpha value is -2.53. The molecule has 1 fully saturated rings. The predicted octanol–water partition coefficient (Wildman–Crippen LogP) is 3.44. The van der Waals surface area contributed by atoms with Crippen molar-refractivity contribution in [1.29, 1.82) is 0 Å². The molecular weight excluding hydrogens is 305 g/mol. The van der Waals surface area contributed by atoms with Gasteiger partial charge in [-0.1, -0.05) is 0 Å². The first-order valence-corrected chi connectivity index (χ1v) is 8.18. The van der Waals surface area contributed by atoms with Gasteiger partial charge in [0.05, 0.1) is 17.4 Å². The van der Waals surface area contributed by atoms with Gasteiger partial charge in [-0.25, -0.2) is 4.39 Å². The van der Waals surface area contributed by atoms with Crippen molar-refractivity contribution in [3.63, 3.8) is 0 Å². The molecule has 0 aliphatic carbocycles. The van der Waals surface area contributed by atoms with E-state index in [1.165, 1.54) is 17.7 Å². The zero-order valence-corrected chi connectivity index (χ0v) is 13.2. The second kappa shape index (κ2) is 6.17. The summed E-state index contributed by atoms with van der Waals surface area (Å²) < 4.78 is 15.4. The lowest BCUT2D eigenvalue weighted by molar-refractivity contribution is 0.112. The van der Waals surface area contributed by atoms with Gasteiger partial charge in [0, 0.05) is 29.9 Å². The van der Waals surface area contributed by atoms with Crippen LogP contribution in [0.3, 0.4) is 0 Å².